The molecule has 0 aliphatic carbocycles. The van der Waals surface area contributed by atoms with E-state index < -0.39 is 0 Å². The number of halogens is 2. The Morgan fingerprint density at radius 3 is 1.85 bits per heavy atom. The van der Waals surface area contributed by atoms with Crippen molar-refractivity contribution in [2.24, 2.45) is 11.8 Å². The van der Waals surface area contributed by atoms with Gasteiger partial charge in [-0.2, -0.15) is 0 Å². The Balaban J connectivity index is 0.00000180. The van der Waals surface area contributed by atoms with Crippen LogP contribution in [0.4, 0.5) is 11.4 Å². The fourth-order valence-corrected chi connectivity index (χ4v) is 2.57. The summed E-state index contributed by atoms with van der Waals surface area (Å²) in [7, 11) is 4.08. The van der Waals surface area contributed by atoms with Crippen molar-refractivity contribution >= 4 is 42.0 Å². The van der Waals surface area contributed by atoms with Gasteiger partial charge in [-0.15, -0.1) is 24.8 Å². The molecule has 1 aromatic rings. The number of nitrogens with zero attached hydrogens (tertiary/aromatic N) is 2. The minimum atomic E-state index is 0. The van der Waals surface area contributed by atoms with Gasteiger partial charge in [-0.3, -0.25) is 4.79 Å². The number of carbonyl (C=O) groups excluding carboxylic acids is 1. The first-order valence-electron chi connectivity index (χ1n) is 6.55. The zero-order valence-corrected chi connectivity index (χ0v) is 14.1. The van der Waals surface area contributed by atoms with Gasteiger partial charge >= 0.3 is 0 Å². The van der Waals surface area contributed by atoms with Gasteiger partial charge in [-0.25, -0.2) is 0 Å². The number of rotatable bonds is 2. The lowest BCUT2D eigenvalue weighted by Crippen LogP contribution is -2.44. The van der Waals surface area contributed by atoms with Gasteiger partial charge in [0.1, 0.15) is 5.78 Å². The highest BCUT2D eigenvalue weighted by molar-refractivity contribution is 5.86. The Kier molecular flexibility index (Phi) is 7.39. The van der Waals surface area contributed by atoms with Gasteiger partial charge in [0, 0.05) is 50.4 Å². The van der Waals surface area contributed by atoms with Crippen LogP contribution in [0.15, 0.2) is 24.3 Å². The summed E-state index contributed by atoms with van der Waals surface area (Å²) >= 11 is 0. The minimum Gasteiger partial charge on any atom is -0.378 e. The molecule has 2 unspecified atom stereocenters. The lowest BCUT2D eigenvalue weighted by molar-refractivity contribution is -0.126. The van der Waals surface area contributed by atoms with Gasteiger partial charge in [0.05, 0.1) is 0 Å². The zero-order chi connectivity index (χ0) is 13.3. The average Bonchev–Trinajstić information content (AvgIpc) is 2.35. The zero-order valence-electron chi connectivity index (χ0n) is 12.5. The van der Waals surface area contributed by atoms with E-state index in [1.54, 1.807) is 0 Å². The van der Waals surface area contributed by atoms with Crippen molar-refractivity contribution in [1.82, 2.24) is 0 Å². The van der Waals surface area contributed by atoms with Crippen LogP contribution in [0.1, 0.15) is 13.8 Å². The maximum Gasteiger partial charge on any atom is 0.142 e. The normalized spacial score (nSPS) is 21.8. The lowest BCUT2D eigenvalue weighted by Gasteiger charge is -2.35. The molecule has 2 atom stereocenters. The topological polar surface area (TPSA) is 23.6 Å². The molecule has 114 valence electrons. The average molecular weight is 319 g/mol. The van der Waals surface area contributed by atoms with E-state index in [-0.39, 0.29) is 36.6 Å². The molecule has 0 radical (unpaired) electrons. The number of piperidine rings is 1. The van der Waals surface area contributed by atoms with E-state index in [4.69, 9.17) is 0 Å². The Hall–Kier alpha value is -0.930. The summed E-state index contributed by atoms with van der Waals surface area (Å²) in [6, 6.07) is 8.54. The molecule has 5 heteroatoms. The number of hydrogen-bond acceptors (Lipinski definition) is 3. The van der Waals surface area contributed by atoms with E-state index in [0.717, 1.165) is 13.1 Å². The van der Waals surface area contributed by atoms with Crippen molar-refractivity contribution in [2.45, 2.75) is 13.8 Å². The molecule has 0 spiro atoms. The number of Topliss-reactive ketones (excluding diaryl/α,β-unsaturated/α-hetero) is 1. The number of benzene rings is 1. The van der Waals surface area contributed by atoms with Crippen molar-refractivity contribution in [2.75, 3.05) is 37.0 Å². The molecule has 1 saturated heterocycles. The summed E-state index contributed by atoms with van der Waals surface area (Å²) in [5.74, 6) is 0.681. The van der Waals surface area contributed by atoms with Crippen molar-refractivity contribution in [3.05, 3.63) is 24.3 Å². The van der Waals surface area contributed by atoms with Crippen molar-refractivity contribution in [3.8, 4) is 0 Å². The van der Waals surface area contributed by atoms with E-state index in [1.807, 2.05) is 27.9 Å². The van der Waals surface area contributed by atoms with Crippen molar-refractivity contribution in [1.29, 1.82) is 0 Å². The van der Waals surface area contributed by atoms with Crippen LogP contribution in [0.2, 0.25) is 0 Å². The Bertz CT molecular complexity index is 420. The monoisotopic (exact) mass is 318 g/mol. The van der Waals surface area contributed by atoms with E-state index in [1.165, 1.54) is 11.4 Å². The first-order chi connectivity index (χ1) is 8.49. The quantitative estimate of drug-likeness (QED) is 0.836. The molecule has 1 heterocycles. The van der Waals surface area contributed by atoms with E-state index >= 15 is 0 Å². The number of anilines is 2. The first kappa shape index (κ1) is 19.1. The van der Waals surface area contributed by atoms with Crippen LogP contribution < -0.4 is 9.80 Å². The molecule has 0 amide bonds. The predicted molar refractivity (Wildman–Crippen MR) is 90.8 cm³/mol. The van der Waals surface area contributed by atoms with Crippen molar-refractivity contribution < 1.29 is 4.79 Å². The van der Waals surface area contributed by atoms with Gasteiger partial charge in [-0.1, -0.05) is 13.8 Å². The highest BCUT2D eigenvalue weighted by atomic mass is 35.5. The van der Waals surface area contributed by atoms with Crippen LogP contribution in [0.5, 0.6) is 0 Å². The third kappa shape index (κ3) is 4.03. The highest BCUT2D eigenvalue weighted by Gasteiger charge is 2.29. The molecule has 1 aromatic carbocycles. The molecule has 20 heavy (non-hydrogen) atoms. The lowest BCUT2D eigenvalue weighted by atomic mass is 9.90. The maximum absolute atomic E-state index is 11.8. The largest absolute Gasteiger partial charge is 0.378 e. The number of carbonyl (C=O) groups is 1. The van der Waals surface area contributed by atoms with Gasteiger partial charge in [0.2, 0.25) is 0 Å². The first-order valence-corrected chi connectivity index (χ1v) is 6.55. The summed E-state index contributed by atoms with van der Waals surface area (Å²) < 4.78 is 0. The number of ketones is 1. The molecule has 0 saturated carbocycles. The van der Waals surface area contributed by atoms with Gasteiger partial charge < -0.3 is 9.80 Å². The second-order valence-corrected chi connectivity index (χ2v) is 5.52. The fraction of sp³-hybridized carbons (Fsp3) is 0.533. The van der Waals surface area contributed by atoms with Crippen molar-refractivity contribution in [3.63, 3.8) is 0 Å². The summed E-state index contributed by atoms with van der Waals surface area (Å²) in [5.41, 5.74) is 2.42. The molecule has 0 aromatic heterocycles. The summed E-state index contributed by atoms with van der Waals surface area (Å²) in [5, 5.41) is 0. The van der Waals surface area contributed by atoms with Gasteiger partial charge in [0.15, 0.2) is 0 Å². The Morgan fingerprint density at radius 1 is 1.00 bits per heavy atom. The van der Waals surface area contributed by atoms with Crippen LogP contribution in [0.25, 0.3) is 0 Å². The minimum absolute atomic E-state index is 0. The molecule has 3 nitrogen and oxygen atoms in total. The SMILES string of the molecule is CC1CN(c2ccc(N(C)C)cc2)CC(C)C1=O.Cl.Cl. The van der Waals surface area contributed by atoms with Crippen LogP contribution in [-0.2, 0) is 4.79 Å². The third-order valence-electron chi connectivity index (χ3n) is 3.69. The third-order valence-corrected chi connectivity index (χ3v) is 3.69. The second kappa shape index (κ2) is 7.75. The fourth-order valence-electron chi connectivity index (χ4n) is 2.57. The van der Waals surface area contributed by atoms with E-state index in [9.17, 15) is 4.79 Å². The smallest absolute Gasteiger partial charge is 0.142 e. The summed E-state index contributed by atoms with van der Waals surface area (Å²) in [6.45, 7) is 5.73. The molecule has 2 rings (SSSR count). The molecular formula is C15H24Cl2N2O. The standard InChI is InChI=1S/C15H22N2O.2ClH/c1-11-9-17(10-12(2)15(11)18)14-7-5-13(6-8-14)16(3)4;;/h5-8,11-12H,9-10H2,1-4H3;2*1H. The maximum atomic E-state index is 11.8. The molecule has 1 aliphatic rings. The Morgan fingerprint density at radius 2 is 1.45 bits per heavy atom. The summed E-state index contributed by atoms with van der Waals surface area (Å²) in [4.78, 5) is 16.2. The van der Waals surface area contributed by atoms with Crippen LogP contribution in [-0.4, -0.2) is 33.0 Å². The number of hydrogen-bond donors (Lipinski definition) is 0. The van der Waals surface area contributed by atoms with Crippen LogP contribution in [0.3, 0.4) is 0 Å². The van der Waals surface area contributed by atoms with Crippen LogP contribution >= 0.6 is 24.8 Å². The van der Waals surface area contributed by atoms with Gasteiger partial charge in [0.25, 0.3) is 0 Å². The van der Waals surface area contributed by atoms with E-state index in [2.05, 4.69) is 34.1 Å². The highest BCUT2D eigenvalue weighted by Crippen LogP contribution is 2.25. The molecule has 0 N–H and O–H groups in total. The second-order valence-electron chi connectivity index (χ2n) is 5.52. The predicted octanol–water partition coefficient (Wildman–Crippen LogP) is 3.26. The van der Waals surface area contributed by atoms with E-state index in [0.29, 0.717) is 5.78 Å². The van der Waals surface area contributed by atoms with Gasteiger partial charge in [-0.05, 0) is 24.3 Å². The molecule has 1 fully saturated rings. The van der Waals surface area contributed by atoms with Crippen LogP contribution in [0, 0.1) is 11.8 Å². The Labute approximate surface area is 134 Å². The molecular weight excluding hydrogens is 295 g/mol. The molecule has 0 bridgehead atoms. The summed E-state index contributed by atoms with van der Waals surface area (Å²) in [6.07, 6.45) is 0. The molecule has 1 aliphatic heterocycles.